The Bertz CT molecular complexity index is 1210. The molecule has 34 heavy (non-hydrogen) atoms. The highest BCUT2D eigenvalue weighted by Gasteiger charge is 2.38. The van der Waals surface area contributed by atoms with Crippen molar-refractivity contribution in [3.63, 3.8) is 0 Å². The predicted molar refractivity (Wildman–Crippen MR) is 129 cm³/mol. The highest BCUT2D eigenvalue weighted by atomic mass is 16.5. The van der Waals surface area contributed by atoms with Gasteiger partial charge in [0.2, 0.25) is 11.8 Å². The van der Waals surface area contributed by atoms with Crippen LogP contribution in [0.2, 0.25) is 0 Å². The highest BCUT2D eigenvalue weighted by Crippen LogP contribution is 2.31. The maximum Gasteiger partial charge on any atom is 0.257 e. The first kappa shape index (κ1) is 22.3. The molecule has 7 heteroatoms. The molecule has 0 saturated carbocycles. The molecule has 2 aromatic carbocycles. The molecule has 2 amide bonds. The molecule has 1 aromatic heterocycles. The summed E-state index contributed by atoms with van der Waals surface area (Å²) in [6, 6.07) is 14.0. The average Bonchev–Trinajstić information content (AvgIpc) is 3.48. The van der Waals surface area contributed by atoms with Gasteiger partial charge in [0.05, 0.1) is 5.92 Å². The number of amides is 2. The van der Waals surface area contributed by atoms with Crippen molar-refractivity contribution in [2.45, 2.75) is 46.0 Å². The van der Waals surface area contributed by atoms with E-state index in [9.17, 15) is 9.59 Å². The molecule has 5 rings (SSSR count). The second-order valence-electron chi connectivity index (χ2n) is 9.60. The number of aromatic nitrogens is 2. The Balaban J connectivity index is 1.19. The second-order valence-corrected chi connectivity index (χ2v) is 9.60. The van der Waals surface area contributed by atoms with Crippen LogP contribution in [0.15, 0.2) is 47.0 Å². The molecule has 2 saturated heterocycles. The predicted octanol–water partition coefficient (Wildman–Crippen LogP) is 4.42. The van der Waals surface area contributed by atoms with Crippen molar-refractivity contribution in [3.05, 3.63) is 65.0 Å². The van der Waals surface area contributed by atoms with Crippen molar-refractivity contribution >= 4 is 17.5 Å². The number of aryl methyl sites for hydroxylation is 3. The van der Waals surface area contributed by atoms with Crippen molar-refractivity contribution in [1.82, 2.24) is 15.0 Å². The third kappa shape index (κ3) is 4.34. The van der Waals surface area contributed by atoms with E-state index in [1.165, 1.54) is 11.1 Å². The fraction of sp³-hybridized carbons (Fsp3) is 0.407. The number of hydrogen-bond acceptors (Lipinski definition) is 5. The Labute approximate surface area is 199 Å². The number of likely N-dealkylation sites (tertiary alicyclic amines) is 1. The van der Waals surface area contributed by atoms with E-state index >= 15 is 0 Å². The summed E-state index contributed by atoms with van der Waals surface area (Å²) in [7, 11) is 0. The van der Waals surface area contributed by atoms with Gasteiger partial charge in [0, 0.05) is 43.2 Å². The van der Waals surface area contributed by atoms with Crippen LogP contribution in [0.4, 0.5) is 5.69 Å². The molecule has 1 unspecified atom stereocenters. The van der Waals surface area contributed by atoms with Crippen molar-refractivity contribution in [1.29, 1.82) is 0 Å². The van der Waals surface area contributed by atoms with Gasteiger partial charge >= 0.3 is 0 Å². The van der Waals surface area contributed by atoms with E-state index in [4.69, 9.17) is 4.52 Å². The van der Waals surface area contributed by atoms with Crippen LogP contribution in [-0.2, 0) is 9.59 Å². The number of piperidine rings is 1. The molecule has 0 spiro atoms. The Morgan fingerprint density at radius 2 is 1.74 bits per heavy atom. The van der Waals surface area contributed by atoms with Crippen molar-refractivity contribution in [2.24, 2.45) is 5.92 Å². The van der Waals surface area contributed by atoms with E-state index in [2.05, 4.69) is 17.1 Å². The van der Waals surface area contributed by atoms with Crippen LogP contribution in [0, 0.1) is 26.7 Å². The molecule has 3 heterocycles. The normalized spacial score (nSPS) is 19.1. The largest absolute Gasteiger partial charge is 0.342 e. The maximum atomic E-state index is 13.2. The molecular formula is C27H30N4O3. The Hall–Kier alpha value is -3.48. The minimum absolute atomic E-state index is 0.0203. The van der Waals surface area contributed by atoms with Gasteiger partial charge < -0.3 is 14.3 Å². The summed E-state index contributed by atoms with van der Waals surface area (Å²) in [5, 5.41) is 4.21. The van der Waals surface area contributed by atoms with Gasteiger partial charge in [-0.1, -0.05) is 28.9 Å². The van der Waals surface area contributed by atoms with E-state index < -0.39 is 0 Å². The first-order valence-corrected chi connectivity index (χ1v) is 12.0. The van der Waals surface area contributed by atoms with Crippen LogP contribution >= 0.6 is 0 Å². The van der Waals surface area contributed by atoms with Crippen molar-refractivity contribution in [3.8, 4) is 11.5 Å². The van der Waals surface area contributed by atoms with E-state index in [1.807, 2.05) is 61.2 Å². The topological polar surface area (TPSA) is 79.5 Å². The lowest BCUT2D eigenvalue weighted by Gasteiger charge is -2.32. The van der Waals surface area contributed by atoms with Gasteiger partial charge in [-0.2, -0.15) is 4.98 Å². The molecule has 2 aliphatic heterocycles. The number of hydrogen-bond donors (Lipinski definition) is 0. The van der Waals surface area contributed by atoms with E-state index in [0.29, 0.717) is 31.3 Å². The first-order chi connectivity index (χ1) is 16.4. The van der Waals surface area contributed by atoms with Crippen LogP contribution in [0.1, 0.15) is 47.7 Å². The summed E-state index contributed by atoms with van der Waals surface area (Å²) in [6.07, 6.45) is 1.86. The highest BCUT2D eigenvalue weighted by molar-refractivity contribution is 6.00. The summed E-state index contributed by atoms with van der Waals surface area (Å²) in [4.78, 5) is 34.1. The second kappa shape index (κ2) is 9.05. The monoisotopic (exact) mass is 458 g/mol. The van der Waals surface area contributed by atoms with Crippen molar-refractivity contribution < 1.29 is 14.1 Å². The Morgan fingerprint density at radius 1 is 1.00 bits per heavy atom. The number of benzene rings is 2. The van der Waals surface area contributed by atoms with Crippen LogP contribution in [0.25, 0.3) is 11.5 Å². The summed E-state index contributed by atoms with van der Waals surface area (Å²) >= 11 is 0. The molecule has 0 radical (unpaired) electrons. The van der Waals surface area contributed by atoms with E-state index in [-0.39, 0.29) is 30.1 Å². The quantitative estimate of drug-likeness (QED) is 0.578. The van der Waals surface area contributed by atoms with E-state index in [1.54, 1.807) is 4.90 Å². The average molecular weight is 459 g/mol. The number of carbonyl (C=O) groups excluding carboxylic acids is 2. The number of nitrogens with zero attached hydrogens (tertiary/aromatic N) is 4. The summed E-state index contributed by atoms with van der Waals surface area (Å²) in [5.41, 5.74) is 5.31. The molecule has 0 aliphatic carbocycles. The zero-order valence-corrected chi connectivity index (χ0v) is 20.0. The Kier molecular flexibility index (Phi) is 5.94. The standard InChI is InChI=1S/C27H30N4O3/c1-17-4-7-21(8-5-17)26-28-25(29-34-26)20-10-12-30(13-11-20)27(33)22-15-24(32)31(16-22)23-9-6-18(2)19(3)14-23/h4-9,14,20,22H,10-13,15-16H2,1-3H3. The number of anilines is 1. The van der Waals surface area contributed by atoms with Crippen molar-refractivity contribution in [2.75, 3.05) is 24.5 Å². The fourth-order valence-corrected chi connectivity index (χ4v) is 4.85. The maximum absolute atomic E-state index is 13.2. The van der Waals surface area contributed by atoms with Gasteiger partial charge in [-0.25, -0.2) is 0 Å². The lowest BCUT2D eigenvalue weighted by atomic mass is 9.95. The lowest BCUT2D eigenvalue weighted by Crippen LogP contribution is -2.42. The molecule has 2 aliphatic rings. The van der Waals surface area contributed by atoms with Gasteiger partial charge in [0.25, 0.3) is 5.89 Å². The summed E-state index contributed by atoms with van der Waals surface area (Å²) in [5.74, 6) is 1.22. The minimum Gasteiger partial charge on any atom is -0.342 e. The number of rotatable bonds is 4. The summed E-state index contributed by atoms with van der Waals surface area (Å²) in [6.45, 7) is 7.88. The van der Waals surface area contributed by atoms with Gasteiger partial charge in [-0.3, -0.25) is 9.59 Å². The van der Waals surface area contributed by atoms with Crippen LogP contribution in [-0.4, -0.2) is 46.5 Å². The molecule has 2 fully saturated rings. The third-order valence-electron chi connectivity index (χ3n) is 7.19. The Morgan fingerprint density at radius 3 is 2.44 bits per heavy atom. The number of carbonyl (C=O) groups is 2. The molecule has 0 N–H and O–H groups in total. The fourth-order valence-electron chi connectivity index (χ4n) is 4.85. The van der Waals surface area contributed by atoms with E-state index in [0.717, 1.165) is 29.7 Å². The van der Waals surface area contributed by atoms with Gasteiger partial charge in [0.1, 0.15) is 0 Å². The van der Waals surface area contributed by atoms with Gasteiger partial charge in [-0.05, 0) is 69.0 Å². The smallest absolute Gasteiger partial charge is 0.257 e. The van der Waals surface area contributed by atoms with Crippen LogP contribution in [0.5, 0.6) is 0 Å². The van der Waals surface area contributed by atoms with Gasteiger partial charge in [-0.15, -0.1) is 0 Å². The third-order valence-corrected chi connectivity index (χ3v) is 7.19. The van der Waals surface area contributed by atoms with Gasteiger partial charge in [0.15, 0.2) is 5.82 Å². The first-order valence-electron chi connectivity index (χ1n) is 12.0. The molecular weight excluding hydrogens is 428 g/mol. The molecule has 7 nitrogen and oxygen atoms in total. The molecule has 0 bridgehead atoms. The van der Waals surface area contributed by atoms with Crippen LogP contribution < -0.4 is 4.90 Å². The SMILES string of the molecule is Cc1ccc(-c2nc(C3CCN(C(=O)C4CC(=O)N(c5ccc(C)c(C)c5)C4)CC3)no2)cc1. The molecule has 3 aromatic rings. The molecule has 176 valence electrons. The molecule has 1 atom stereocenters. The minimum atomic E-state index is -0.288. The zero-order valence-electron chi connectivity index (χ0n) is 20.0. The lowest BCUT2D eigenvalue weighted by molar-refractivity contribution is -0.136. The summed E-state index contributed by atoms with van der Waals surface area (Å²) < 4.78 is 5.50. The van der Waals surface area contributed by atoms with Crippen LogP contribution in [0.3, 0.4) is 0 Å². The zero-order chi connectivity index (χ0) is 23.8.